The minimum absolute atomic E-state index is 0.237. The fraction of sp³-hybridized carbons (Fsp3) is 0.385. The first-order valence-corrected chi connectivity index (χ1v) is 11.5. The second kappa shape index (κ2) is 10.7. The van der Waals surface area contributed by atoms with Crippen LogP contribution in [0.2, 0.25) is 0 Å². The molecule has 0 saturated heterocycles. The largest absolute Gasteiger partial charge is 0.480 e. The van der Waals surface area contributed by atoms with Crippen LogP contribution in [0.3, 0.4) is 0 Å². The Bertz CT molecular complexity index is 1200. The van der Waals surface area contributed by atoms with Crippen LogP contribution in [-0.4, -0.2) is 39.1 Å². The fourth-order valence-corrected chi connectivity index (χ4v) is 4.47. The molecule has 0 unspecified atom stereocenters. The number of halogens is 1. The van der Waals surface area contributed by atoms with Gasteiger partial charge in [0.25, 0.3) is 0 Å². The number of aliphatic carboxylic acids is 1. The second-order valence-electron chi connectivity index (χ2n) is 8.92. The van der Waals surface area contributed by atoms with E-state index in [0.717, 1.165) is 31.2 Å². The number of carboxylic acids is 1. The first kappa shape index (κ1) is 23.8. The Hall–Kier alpha value is -3.39. The third-order valence-corrected chi connectivity index (χ3v) is 6.28. The van der Waals surface area contributed by atoms with Gasteiger partial charge in [0.1, 0.15) is 23.8 Å². The third-order valence-electron chi connectivity index (χ3n) is 6.28. The molecule has 0 amide bonds. The highest BCUT2D eigenvalue weighted by molar-refractivity contribution is 5.77. The molecular formula is C26H28FN3O4. The van der Waals surface area contributed by atoms with E-state index in [-0.39, 0.29) is 12.5 Å². The minimum Gasteiger partial charge on any atom is -0.480 e. The highest BCUT2D eigenvalue weighted by Gasteiger charge is 2.24. The molecule has 4 rings (SSSR count). The van der Waals surface area contributed by atoms with Gasteiger partial charge < -0.3 is 9.84 Å². The van der Waals surface area contributed by atoms with E-state index < -0.39 is 17.5 Å². The van der Waals surface area contributed by atoms with Crippen molar-refractivity contribution in [1.29, 1.82) is 0 Å². The summed E-state index contributed by atoms with van der Waals surface area (Å²) in [6, 6.07) is 14.2. The average Bonchev–Trinajstić information content (AvgIpc) is 2.82. The van der Waals surface area contributed by atoms with Gasteiger partial charge in [0.2, 0.25) is 0 Å². The number of aryl methyl sites for hydroxylation is 1. The molecule has 1 aliphatic rings. The molecule has 1 heterocycles. The van der Waals surface area contributed by atoms with Crippen LogP contribution >= 0.6 is 0 Å². The van der Waals surface area contributed by atoms with Gasteiger partial charge in [-0.15, -0.1) is 0 Å². The summed E-state index contributed by atoms with van der Waals surface area (Å²) in [5.41, 5.74) is 2.07. The van der Waals surface area contributed by atoms with Gasteiger partial charge >= 0.3 is 11.7 Å². The highest BCUT2D eigenvalue weighted by Crippen LogP contribution is 2.32. The predicted molar refractivity (Wildman–Crippen MR) is 126 cm³/mol. The number of ether oxygens (including phenoxy) is 1. The second-order valence-corrected chi connectivity index (χ2v) is 8.92. The molecule has 178 valence electrons. The quantitative estimate of drug-likeness (QED) is 0.532. The van der Waals surface area contributed by atoms with E-state index in [4.69, 9.17) is 9.84 Å². The molecule has 0 spiro atoms. The van der Waals surface area contributed by atoms with Gasteiger partial charge in [-0.25, -0.2) is 18.7 Å². The van der Waals surface area contributed by atoms with Crippen LogP contribution in [0.1, 0.15) is 31.2 Å². The van der Waals surface area contributed by atoms with Crippen molar-refractivity contribution in [1.82, 2.24) is 14.8 Å². The number of carbonyl (C=O) groups is 1. The molecule has 3 aromatic rings. The monoisotopic (exact) mass is 465 g/mol. The standard InChI is InChI=1S/C26H28FN3O4/c1-17-7-12-21(22(27)13-17)25-24(20-5-3-2-4-6-20)28-26(33)30(29-25)14-18-8-10-19(11-9-18)15-34-16-23(31)32/h2-7,12-13,18-19H,8-11,14-16H2,1H3,(H,31,32). The molecule has 1 aliphatic carbocycles. The van der Waals surface area contributed by atoms with Crippen molar-refractivity contribution >= 4 is 5.97 Å². The Morgan fingerprint density at radius 1 is 1.09 bits per heavy atom. The third kappa shape index (κ3) is 5.75. The zero-order valence-corrected chi connectivity index (χ0v) is 19.1. The summed E-state index contributed by atoms with van der Waals surface area (Å²) >= 11 is 0. The maximum atomic E-state index is 14.9. The minimum atomic E-state index is -0.966. The first-order valence-electron chi connectivity index (χ1n) is 11.5. The highest BCUT2D eigenvalue weighted by atomic mass is 19.1. The van der Waals surface area contributed by atoms with E-state index in [2.05, 4.69) is 10.1 Å². The molecule has 1 aromatic heterocycles. The Labute approximate surface area is 197 Å². The van der Waals surface area contributed by atoms with Gasteiger partial charge in [0.15, 0.2) is 0 Å². The summed E-state index contributed by atoms with van der Waals surface area (Å²) in [7, 11) is 0. The van der Waals surface area contributed by atoms with Crippen LogP contribution < -0.4 is 5.69 Å². The SMILES string of the molecule is Cc1ccc(-c2nn(CC3CCC(COCC(=O)O)CC3)c(=O)nc2-c2ccccc2)c(F)c1. The van der Waals surface area contributed by atoms with E-state index in [1.165, 1.54) is 10.7 Å². The first-order chi connectivity index (χ1) is 16.4. The van der Waals surface area contributed by atoms with Gasteiger partial charge in [0.05, 0.1) is 6.61 Å². The number of aromatic nitrogens is 3. The van der Waals surface area contributed by atoms with Crippen molar-refractivity contribution in [3.8, 4) is 22.5 Å². The Morgan fingerprint density at radius 2 is 1.79 bits per heavy atom. The topological polar surface area (TPSA) is 94.3 Å². The number of nitrogens with zero attached hydrogens (tertiary/aromatic N) is 3. The predicted octanol–water partition coefficient (Wildman–Crippen LogP) is 4.33. The van der Waals surface area contributed by atoms with Gasteiger partial charge in [-0.05, 0) is 62.1 Å². The zero-order valence-electron chi connectivity index (χ0n) is 19.1. The van der Waals surface area contributed by atoms with Crippen LogP contribution in [0.4, 0.5) is 4.39 Å². The van der Waals surface area contributed by atoms with E-state index in [1.54, 1.807) is 6.07 Å². The van der Waals surface area contributed by atoms with Crippen molar-refractivity contribution in [3.05, 3.63) is 70.4 Å². The van der Waals surface area contributed by atoms with Crippen molar-refractivity contribution in [2.45, 2.75) is 39.2 Å². The number of benzene rings is 2. The summed E-state index contributed by atoms with van der Waals surface area (Å²) in [5, 5.41) is 13.3. The van der Waals surface area contributed by atoms with Crippen LogP contribution in [0.5, 0.6) is 0 Å². The summed E-state index contributed by atoms with van der Waals surface area (Å²) < 4.78 is 21.5. The molecule has 0 aliphatic heterocycles. The molecule has 0 radical (unpaired) electrons. The molecule has 34 heavy (non-hydrogen) atoms. The molecule has 1 N–H and O–H groups in total. The summed E-state index contributed by atoms with van der Waals surface area (Å²) in [4.78, 5) is 27.8. The molecule has 8 heteroatoms. The number of rotatable bonds is 8. The lowest BCUT2D eigenvalue weighted by atomic mass is 9.82. The molecule has 7 nitrogen and oxygen atoms in total. The van der Waals surface area contributed by atoms with Gasteiger partial charge in [-0.3, -0.25) is 0 Å². The van der Waals surface area contributed by atoms with Gasteiger partial charge in [0, 0.05) is 17.7 Å². The Balaban J connectivity index is 1.57. The van der Waals surface area contributed by atoms with Crippen molar-refractivity contribution < 1.29 is 19.0 Å². The van der Waals surface area contributed by atoms with Gasteiger partial charge in [-0.1, -0.05) is 36.4 Å². The lowest BCUT2D eigenvalue weighted by Crippen LogP contribution is -2.31. The summed E-state index contributed by atoms with van der Waals surface area (Å²) in [5.74, 6) is -0.818. The summed E-state index contributed by atoms with van der Waals surface area (Å²) in [6.07, 6.45) is 3.55. The maximum absolute atomic E-state index is 14.9. The van der Waals surface area contributed by atoms with Crippen LogP contribution in [-0.2, 0) is 16.1 Å². The van der Waals surface area contributed by atoms with E-state index in [1.807, 2.05) is 43.3 Å². The number of hydrogen-bond donors (Lipinski definition) is 1. The molecule has 0 atom stereocenters. The zero-order chi connectivity index (χ0) is 24.1. The molecule has 2 aromatic carbocycles. The van der Waals surface area contributed by atoms with Crippen LogP contribution in [0, 0.1) is 24.6 Å². The fourth-order valence-electron chi connectivity index (χ4n) is 4.47. The maximum Gasteiger partial charge on any atom is 0.364 e. The molecule has 1 fully saturated rings. The summed E-state index contributed by atoms with van der Waals surface area (Å²) in [6.45, 7) is 2.38. The van der Waals surface area contributed by atoms with Gasteiger partial charge in [-0.2, -0.15) is 10.1 Å². The van der Waals surface area contributed by atoms with E-state index in [0.29, 0.717) is 41.6 Å². The van der Waals surface area contributed by atoms with E-state index in [9.17, 15) is 14.0 Å². The smallest absolute Gasteiger partial charge is 0.364 e. The lowest BCUT2D eigenvalue weighted by Gasteiger charge is -2.28. The van der Waals surface area contributed by atoms with Crippen LogP contribution in [0.15, 0.2) is 53.3 Å². The molecule has 1 saturated carbocycles. The van der Waals surface area contributed by atoms with E-state index >= 15 is 0 Å². The molecule has 0 bridgehead atoms. The number of hydrogen-bond acceptors (Lipinski definition) is 5. The Morgan fingerprint density at radius 3 is 2.47 bits per heavy atom. The van der Waals surface area contributed by atoms with Crippen LogP contribution in [0.25, 0.3) is 22.5 Å². The van der Waals surface area contributed by atoms with Crippen molar-refractivity contribution in [3.63, 3.8) is 0 Å². The lowest BCUT2D eigenvalue weighted by molar-refractivity contribution is -0.142. The van der Waals surface area contributed by atoms with Crippen molar-refractivity contribution in [2.24, 2.45) is 11.8 Å². The average molecular weight is 466 g/mol. The number of carboxylic acid groups (broad SMARTS) is 1. The molecular weight excluding hydrogens is 437 g/mol. The normalized spacial score (nSPS) is 18.1. The van der Waals surface area contributed by atoms with Crippen molar-refractivity contribution in [2.75, 3.05) is 13.2 Å². The Kier molecular flexibility index (Phi) is 7.47.